The van der Waals surface area contributed by atoms with Crippen molar-refractivity contribution in [2.75, 3.05) is 11.5 Å². The Balaban J connectivity index is 1.47. The number of hydrogen-bond donors (Lipinski definition) is 3. The second-order valence-corrected chi connectivity index (χ2v) is 6.66. The monoisotopic (exact) mass is 358 g/mol. The van der Waals surface area contributed by atoms with Gasteiger partial charge in [0.15, 0.2) is 5.82 Å². The Morgan fingerprint density at radius 1 is 0.852 bits per heavy atom. The number of benzene rings is 2. The van der Waals surface area contributed by atoms with Crippen molar-refractivity contribution >= 4 is 22.7 Å². The predicted molar refractivity (Wildman–Crippen MR) is 109 cm³/mol. The van der Waals surface area contributed by atoms with Crippen LogP contribution in [0.3, 0.4) is 0 Å². The van der Waals surface area contributed by atoms with Crippen LogP contribution in [0.25, 0.3) is 22.2 Å². The first kappa shape index (κ1) is 17.0. The fourth-order valence-electron chi connectivity index (χ4n) is 3.27. The first-order valence-electron chi connectivity index (χ1n) is 9.10. The zero-order chi connectivity index (χ0) is 18.6. The molecule has 6 nitrogen and oxygen atoms in total. The first-order chi connectivity index (χ1) is 13.2. The summed E-state index contributed by atoms with van der Waals surface area (Å²) in [7, 11) is 0. The van der Waals surface area contributed by atoms with Gasteiger partial charge in [0, 0.05) is 16.6 Å². The van der Waals surface area contributed by atoms with E-state index in [0.29, 0.717) is 11.8 Å². The van der Waals surface area contributed by atoms with Crippen LogP contribution in [0.15, 0.2) is 54.6 Å². The van der Waals surface area contributed by atoms with Crippen LogP contribution in [0.5, 0.6) is 0 Å². The summed E-state index contributed by atoms with van der Waals surface area (Å²) >= 11 is 0. The van der Waals surface area contributed by atoms with Crippen molar-refractivity contribution in [3.05, 3.63) is 65.9 Å². The predicted octanol–water partition coefficient (Wildman–Crippen LogP) is 3.75. The van der Waals surface area contributed by atoms with E-state index in [9.17, 15) is 0 Å². The summed E-state index contributed by atoms with van der Waals surface area (Å²) in [6, 6.07) is 18.5. The Morgan fingerprint density at radius 2 is 1.67 bits per heavy atom. The number of aromatic amines is 1. The second kappa shape index (κ2) is 7.45. The van der Waals surface area contributed by atoms with Crippen LogP contribution in [-0.2, 0) is 12.8 Å². The van der Waals surface area contributed by atoms with Crippen LogP contribution in [0.4, 0.5) is 11.8 Å². The molecular weight excluding hydrogens is 336 g/mol. The number of anilines is 2. The van der Waals surface area contributed by atoms with Gasteiger partial charge in [-0.05, 0) is 49.4 Å². The second-order valence-electron chi connectivity index (χ2n) is 6.66. The van der Waals surface area contributed by atoms with E-state index in [1.807, 2.05) is 30.3 Å². The maximum Gasteiger partial charge on any atom is 0.220 e. The molecule has 5 N–H and O–H groups in total. The zero-order valence-corrected chi connectivity index (χ0v) is 15.0. The molecule has 2 aromatic heterocycles. The van der Waals surface area contributed by atoms with Gasteiger partial charge in [-0.25, -0.2) is 9.97 Å². The first-order valence-corrected chi connectivity index (χ1v) is 9.10. The van der Waals surface area contributed by atoms with Gasteiger partial charge >= 0.3 is 0 Å². The lowest BCUT2D eigenvalue weighted by atomic mass is 10.0. The quantitative estimate of drug-likeness (QED) is 0.455. The summed E-state index contributed by atoms with van der Waals surface area (Å²) in [4.78, 5) is 8.79. The molecule has 0 unspecified atom stereocenters. The van der Waals surface area contributed by atoms with Crippen molar-refractivity contribution in [1.82, 2.24) is 20.2 Å². The maximum atomic E-state index is 5.95. The normalized spacial score (nSPS) is 11.1. The standard InChI is InChI=1S/C21H22N6/c22-20-17-11-10-15(12-19(17)26-27-20)18-13-16(24-21(23)25-18)9-5-4-8-14-6-2-1-3-7-14/h1-3,6-7,10-13H,4-5,8-9H2,(H3,22,26,27)(H2,23,24,25). The molecule has 0 fully saturated rings. The van der Waals surface area contributed by atoms with E-state index in [4.69, 9.17) is 11.5 Å². The van der Waals surface area contributed by atoms with Crippen molar-refractivity contribution in [3.8, 4) is 11.3 Å². The van der Waals surface area contributed by atoms with Gasteiger partial charge < -0.3 is 11.5 Å². The Labute approximate surface area is 157 Å². The lowest BCUT2D eigenvalue weighted by molar-refractivity contribution is 0.722. The third-order valence-corrected chi connectivity index (χ3v) is 4.68. The minimum Gasteiger partial charge on any atom is -0.382 e. The van der Waals surface area contributed by atoms with Crippen molar-refractivity contribution in [2.45, 2.75) is 25.7 Å². The van der Waals surface area contributed by atoms with E-state index in [-0.39, 0.29) is 0 Å². The highest BCUT2D eigenvalue weighted by atomic mass is 15.1. The Bertz CT molecular complexity index is 1050. The molecule has 0 saturated heterocycles. The molecule has 0 amide bonds. The molecule has 0 saturated carbocycles. The van der Waals surface area contributed by atoms with E-state index >= 15 is 0 Å². The molecule has 0 aliphatic rings. The van der Waals surface area contributed by atoms with Crippen molar-refractivity contribution in [2.24, 2.45) is 0 Å². The average molecular weight is 358 g/mol. The van der Waals surface area contributed by atoms with Crippen LogP contribution in [-0.4, -0.2) is 20.2 Å². The summed E-state index contributed by atoms with van der Waals surface area (Å²) in [5.74, 6) is 0.799. The minimum absolute atomic E-state index is 0.301. The van der Waals surface area contributed by atoms with Gasteiger partial charge in [-0.2, -0.15) is 5.10 Å². The topological polar surface area (TPSA) is 106 Å². The smallest absolute Gasteiger partial charge is 0.220 e. The van der Waals surface area contributed by atoms with Gasteiger partial charge in [0.2, 0.25) is 5.95 Å². The van der Waals surface area contributed by atoms with Crippen molar-refractivity contribution in [3.63, 3.8) is 0 Å². The van der Waals surface area contributed by atoms with Gasteiger partial charge in [0.25, 0.3) is 0 Å². The third kappa shape index (κ3) is 3.89. The lowest BCUT2D eigenvalue weighted by Gasteiger charge is -2.07. The van der Waals surface area contributed by atoms with Crippen LogP contribution in [0, 0.1) is 0 Å². The van der Waals surface area contributed by atoms with E-state index in [0.717, 1.165) is 53.5 Å². The Morgan fingerprint density at radius 3 is 2.52 bits per heavy atom. The molecule has 4 aromatic rings. The number of nitrogen functional groups attached to an aromatic ring is 2. The summed E-state index contributed by atoms with van der Waals surface area (Å²) in [5.41, 5.74) is 16.8. The van der Waals surface area contributed by atoms with Crippen LogP contribution < -0.4 is 11.5 Å². The number of rotatable bonds is 6. The van der Waals surface area contributed by atoms with Gasteiger partial charge in [0.1, 0.15) is 0 Å². The van der Waals surface area contributed by atoms with Crippen molar-refractivity contribution < 1.29 is 0 Å². The molecular formula is C21H22N6. The molecule has 0 radical (unpaired) electrons. The number of H-pyrrole nitrogens is 1. The van der Waals surface area contributed by atoms with E-state index in [1.165, 1.54) is 5.56 Å². The van der Waals surface area contributed by atoms with Crippen LogP contribution in [0.1, 0.15) is 24.1 Å². The van der Waals surface area contributed by atoms with Crippen molar-refractivity contribution in [1.29, 1.82) is 0 Å². The largest absolute Gasteiger partial charge is 0.382 e. The Hall–Kier alpha value is -3.41. The number of hydrogen-bond acceptors (Lipinski definition) is 5. The third-order valence-electron chi connectivity index (χ3n) is 4.68. The van der Waals surface area contributed by atoms with Gasteiger partial charge in [0.05, 0.1) is 11.2 Å². The zero-order valence-electron chi connectivity index (χ0n) is 15.0. The summed E-state index contributed by atoms with van der Waals surface area (Å²) in [5, 5.41) is 7.88. The SMILES string of the molecule is Nc1nc(CCCCc2ccccc2)cc(-c2ccc3c(N)n[nH]c3c2)n1. The van der Waals surface area contributed by atoms with E-state index < -0.39 is 0 Å². The molecule has 136 valence electrons. The molecule has 0 atom stereocenters. The molecule has 2 aromatic carbocycles. The molecule has 0 spiro atoms. The highest BCUT2D eigenvalue weighted by molar-refractivity contribution is 5.91. The van der Waals surface area contributed by atoms with E-state index in [1.54, 1.807) is 0 Å². The molecule has 0 bridgehead atoms. The number of fused-ring (bicyclic) bond motifs is 1. The average Bonchev–Trinajstić information content (AvgIpc) is 3.06. The summed E-state index contributed by atoms with van der Waals surface area (Å²) in [6.45, 7) is 0. The van der Waals surface area contributed by atoms with Gasteiger partial charge in [-0.15, -0.1) is 0 Å². The van der Waals surface area contributed by atoms with Crippen LogP contribution >= 0.6 is 0 Å². The highest BCUT2D eigenvalue weighted by Crippen LogP contribution is 2.25. The number of aromatic nitrogens is 4. The number of nitrogens with two attached hydrogens (primary N) is 2. The Kier molecular flexibility index (Phi) is 4.70. The summed E-state index contributed by atoms with van der Waals surface area (Å²) in [6.07, 6.45) is 4.13. The molecule has 0 aliphatic carbocycles. The number of aryl methyl sites for hydroxylation is 2. The summed E-state index contributed by atoms with van der Waals surface area (Å²) < 4.78 is 0. The van der Waals surface area contributed by atoms with Crippen LogP contribution in [0.2, 0.25) is 0 Å². The number of nitrogens with one attached hydrogen (secondary N) is 1. The number of unbranched alkanes of at least 4 members (excludes halogenated alkanes) is 1. The maximum absolute atomic E-state index is 5.95. The molecule has 0 aliphatic heterocycles. The lowest BCUT2D eigenvalue weighted by Crippen LogP contribution is -2.01. The molecule has 27 heavy (non-hydrogen) atoms. The highest BCUT2D eigenvalue weighted by Gasteiger charge is 2.08. The fraction of sp³-hybridized carbons (Fsp3) is 0.190. The number of nitrogens with zero attached hydrogens (tertiary/aromatic N) is 3. The minimum atomic E-state index is 0.301. The van der Waals surface area contributed by atoms with Gasteiger partial charge in [-0.3, -0.25) is 5.10 Å². The molecule has 4 rings (SSSR count). The molecule has 6 heteroatoms. The van der Waals surface area contributed by atoms with E-state index in [2.05, 4.69) is 44.4 Å². The fourth-order valence-corrected chi connectivity index (χ4v) is 3.27. The molecule has 2 heterocycles. The van der Waals surface area contributed by atoms with Gasteiger partial charge in [-0.1, -0.05) is 36.4 Å².